The second kappa shape index (κ2) is 6.48. The van der Waals surface area contributed by atoms with Crippen LogP contribution in [0.5, 0.6) is 0 Å². The Labute approximate surface area is 146 Å². The molecule has 108 valence electrons. The molecule has 0 unspecified atom stereocenters. The Morgan fingerprint density at radius 2 is 1.48 bits per heavy atom. The summed E-state index contributed by atoms with van der Waals surface area (Å²) in [6.45, 7) is 0. The van der Waals surface area contributed by atoms with Gasteiger partial charge in [0.2, 0.25) is 0 Å². The quantitative estimate of drug-likeness (QED) is 0.539. The molecule has 0 spiro atoms. The van der Waals surface area contributed by atoms with Crippen LogP contribution in [0, 0.1) is 11.3 Å². The zero-order valence-corrected chi connectivity index (χ0v) is 14.0. The summed E-state index contributed by atoms with van der Waals surface area (Å²) in [4.78, 5) is 4.12. The van der Waals surface area contributed by atoms with E-state index in [1.807, 2.05) is 6.07 Å². The van der Waals surface area contributed by atoms with Gasteiger partial charge in [-0.3, -0.25) is 0 Å². The number of aromatic nitrogens is 1. The molecule has 0 bridgehead atoms. The predicted octanol–water partition coefficient (Wildman–Crippen LogP) is 5.66. The predicted molar refractivity (Wildman–Crippen MR) is 88.5 cm³/mol. The van der Waals surface area contributed by atoms with E-state index in [9.17, 15) is 0 Å². The molecule has 1 aromatic carbocycles. The van der Waals surface area contributed by atoms with Gasteiger partial charge in [-0.15, -0.1) is 0 Å². The lowest BCUT2D eigenvalue weighted by Gasteiger charge is -2.14. The van der Waals surface area contributed by atoms with Crippen molar-refractivity contribution in [1.29, 1.82) is 5.26 Å². The molecule has 1 aromatic heterocycles. The first-order valence-corrected chi connectivity index (χ1v) is 7.41. The molecule has 2 N–H and O–H groups in total. The van der Waals surface area contributed by atoms with E-state index in [2.05, 4.69) is 4.98 Å². The van der Waals surface area contributed by atoms with E-state index in [-0.39, 0.29) is 37.4 Å². The molecule has 3 nitrogen and oxygen atoms in total. The van der Waals surface area contributed by atoms with Crippen LogP contribution in [0.4, 0.5) is 5.82 Å². The Kier molecular flexibility index (Phi) is 5.08. The molecule has 2 rings (SSSR count). The van der Waals surface area contributed by atoms with E-state index in [0.29, 0.717) is 16.8 Å². The highest BCUT2D eigenvalue weighted by atomic mass is 35.5. The Morgan fingerprint density at radius 1 is 0.952 bits per heavy atom. The smallest absolute Gasteiger partial charge is 0.123 e. The molecule has 0 saturated carbocycles. The van der Waals surface area contributed by atoms with Crippen molar-refractivity contribution < 1.29 is 0 Å². The topological polar surface area (TPSA) is 62.7 Å². The van der Waals surface area contributed by atoms with E-state index in [0.717, 1.165) is 0 Å². The lowest BCUT2D eigenvalue weighted by atomic mass is 10.0. The highest BCUT2D eigenvalue weighted by Crippen LogP contribution is 2.48. The number of nitrogens with zero attached hydrogens (tertiary/aromatic N) is 2. The third-order valence-electron chi connectivity index (χ3n) is 2.72. The van der Waals surface area contributed by atoms with Gasteiger partial charge >= 0.3 is 0 Å². The van der Waals surface area contributed by atoms with Gasteiger partial charge in [0.05, 0.1) is 43.3 Å². The van der Waals surface area contributed by atoms with E-state index in [1.54, 1.807) is 12.1 Å². The highest BCUT2D eigenvalue weighted by Gasteiger charge is 2.22. The molecule has 2 aromatic rings. The third-order valence-corrected chi connectivity index (χ3v) is 5.00. The number of nitrogen functional groups attached to an aromatic ring is 1. The molecule has 21 heavy (non-hydrogen) atoms. The third kappa shape index (κ3) is 3.01. The summed E-state index contributed by atoms with van der Waals surface area (Å²) < 4.78 is 0. The van der Waals surface area contributed by atoms with Crippen LogP contribution in [0.3, 0.4) is 0 Å². The van der Waals surface area contributed by atoms with E-state index < -0.39 is 0 Å². The zero-order valence-electron chi connectivity index (χ0n) is 10.2. The van der Waals surface area contributed by atoms with Crippen LogP contribution in [-0.4, -0.2) is 4.98 Å². The Hall–Kier alpha value is -0.890. The number of nitriles is 1. The van der Waals surface area contributed by atoms with Gasteiger partial charge in [-0.2, -0.15) is 5.26 Å². The number of benzene rings is 1. The zero-order chi connectivity index (χ0) is 15.7. The van der Waals surface area contributed by atoms with Crippen molar-refractivity contribution in [3.05, 3.63) is 42.9 Å². The highest BCUT2D eigenvalue weighted by molar-refractivity contribution is 6.56. The van der Waals surface area contributed by atoms with E-state index >= 15 is 0 Å². The van der Waals surface area contributed by atoms with Crippen molar-refractivity contribution >= 4 is 63.8 Å². The van der Waals surface area contributed by atoms with Crippen molar-refractivity contribution in [1.82, 2.24) is 4.98 Å². The summed E-state index contributed by atoms with van der Waals surface area (Å²) in [5.74, 6) is 0.280. The normalized spacial score (nSPS) is 10.5. The lowest BCUT2D eigenvalue weighted by molar-refractivity contribution is 1.13. The molecule has 0 aliphatic heterocycles. The van der Waals surface area contributed by atoms with Crippen molar-refractivity contribution in [2.24, 2.45) is 0 Å². The Balaban J connectivity index is 2.83. The summed E-state index contributed by atoms with van der Waals surface area (Å²) in [6, 6.07) is 5.23. The van der Waals surface area contributed by atoms with Crippen molar-refractivity contribution in [3.63, 3.8) is 0 Å². The second-order valence-corrected chi connectivity index (χ2v) is 5.90. The summed E-state index contributed by atoms with van der Waals surface area (Å²) in [5.41, 5.74) is 6.96. The van der Waals surface area contributed by atoms with Crippen LogP contribution in [-0.2, 0) is 6.42 Å². The number of hydrogen-bond acceptors (Lipinski definition) is 3. The average Bonchev–Trinajstić information content (AvgIpc) is 2.46. The minimum atomic E-state index is 0.0326. The second-order valence-electron chi connectivity index (χ2n) is 4.01. The van der Waals surface area contributed by atoms with Crippen LogP contribution in [0.1, 0.15) is 5.69 Å². The van der Waals surface area contributed by atoms with Gasteiger partial charge in [-0.05, 0) is 12.1 Å². The molecule has 0 aliphatic rings. The van der Waals surface area contributed by atoms with Crippen LogP contribution in [0.2, 0.25) is 25.1 Å². The molecule has 0 fully saturated rings. The SMILES string of the molecule is N#CCc1nc(N)ccc1-c1c(Cl)c(Cl)c(Cl)c(Cl)c1Cl. The number of rotatable bonds is 2. The number of anilines is 1. The van der Waals surface area contributed by atoms with Crippen molar-refractivity contribution in [3.8, 4) is 17.2 Å². The molecular weight excluding hydrogens is 375 g/mol. The van der Waals surface area contributed by atoms with E-state index in [1.165, 1.54) is 0 Å². The maximum atomic E-state index is 8.90. The lowest BCUT2D eigenvalue weighted by Crippen LogP contribution is -1.99. The standard InChI is InChI=1S/C13H6Cl5N3/c14-9-8(10(15)12(17)13(18)11(9)16)5-1-2-7(20)21-6(5)3-4-19/h1-2H,3H2,(H2,20,21). The van der Waals surface area contributed by atoms with Gasteiger partial charge in [0.15, 0.2) is 0 Å². The van der Waals surface area contributed by atoms with Crippen molar-refractivity contribution in [2.45, 2.75) is 6.42 Å². The summed E-state index contributed by atoms with van der Waals surface area (Å²) in [5, 5.41) is 9.43. The van der Waals surface area contributed by atoms with Crippen molar-refractivity contribution in [2.75, 3.05) is 5.73 Å². The molecule has 0 amide bonds. The monoisotopic (exact) mass is 379 g/mol. The summed E-state index contributed by atoms with van der Waals surface area (Å²) in [7, 11) is 0. The van der Waals surface area contributed by atoms with Crippen LogP contribution in [0.25, 0.3) is 11.1 Å². The number of pyridine rings is 1. The van der Waals surface area contributed by atoms with E-state index in [4.69, 9.17) is 69.0 Å². The van der Waals surface area contributed by atoms with Crippen LogP contribution < -0.4 is 5.73 Å². The maximum absolute atomic E-state index is 8.90. The first-order valence-electron chi connectivity index (χ1n) is 5.52. The fraction of sp³-hybridized carbons (Fsp3) is 0.0769. The Morgan fingerprint density at radius 3 is 2.00 bits per heavy atom. The molecule has 1 heterocycles. The average molecular weight is 381 g/mol. The molecule has 8 heteroatoms. The first kappa shape index (κ1) is 16.5. The summed E-state index contributed by atoms with van der Waals surface area (Å²) in [6.07, 6.45) is 0.0326. The molecule has 0 radical (unpaired) electrons. The fourth-order valence-corrected chi connectivity index (χ4v) is 3.14. The molecule has 0 atom stereocenters. The van der Waals surface area contributed by atoms with Crippen LogP contribution in [0.15, 0.2) is 12.1 Å². The largest absolute Gasteiger partial charge is 0.384 e. The van der Waals surface area contributed by atoms with Gasteiger partial charge in [0, 0.05) is 11.1 Å². The summed E-state index contributed by atoms with van der Waals surface area (Å²) >= 11 is 30.5. The number of nitrogens with two attached hydrogens (primary N) is 1. The Bertz CT molecular complexity index is 738. The molecular formula is C13H6Cl5N3. The molecule has 0 saturated heterocycles. The first-order chi connectivity index (χ1) is 9.88. The molecule has 0 aliphatic carbocycles. The van der Waals surface area contributed by atoms with Gasteiger partial charge < -0.3 is 5.73 Å². The van der Waals surface area contributed by atoms with Crippen LogP contribution >= 0.6 is 58.0 Å². The van der Waals surface area contributed by atoms with Gasteiger partial charge in [0.25, 0.3) is 0 Å². The minimum Gasteiger partial charge on any atom is -0.384 e. The number of halogens is 5. The number of hydrogen-bond donors (Lipinski definition) is 1. The fourth-order valence-electron chi connectivity index (χ4n) is 1.80. The maximum Gasteiger partial charge on any atom is 0.123 e. The van der Waals surface area contributed by atoms with Gasteiger partial charge in [-0.1, -0.05) is 58.0 Å². The minimum absolute atomic E-state index is 0.0326. The van der Waals surface area contributed by atoms with Gasteiger partial charge in [-0.25, -0.2) is 4.98 Å². The van der Waals surface area contributed by atoms with Gasteiger partial charge in [0.1, 0.15) is 5.82 Å².